The summed E-state index contributed by atoms with van der Waals surface area (Å²) in [5, 5.41) is 9.72. The first-order chi connectivity index (χ1) is 8.99. The van der Waals surface area contributed by atoms with Crippen molar-refractivity contribution in [3.8, 4) is 11.6 Å². The Labute approximate surface area is 112 Å². The molecule has 0 aliphatic heterocycles. The monoisotopic (exact) mass is 266 g/mol. The van der Waals surface area contributed by atoms with Crippen molar-refractivity contribution in [1.29, 1.82) is 0 Å². The van der Waals surface area contributed by atoms with Gasteiger partial charge in [0.25, 0.3) is 5.88 Å². The zero-order valence-corrected chi connectivity index (χ0v) is 11.5. The molecule has 0 radical (unpaired) electrons. The van der Waals surface area contributed by atoms with E-state index in [1.807, 2.05) is 13.8 Å². The number of aryl methyl sites for hydroxylation is 1. The van der Waals surface area contributed by atoms with Gasteiger partial charge in [0, 0.05) is 6.42 Å². The molecule has 0 aliphatic carbocycles. The van der Waals surface area contributed by atoms with Gasteiger partial charge in [0.2, 0.25) is 5.75 Å². The van der Waals surface area contributed by atoms with E-state index in [1.165, 1.54) is 12.4 Å². The van der Waals surface area contributed by atoms with Crippen molar-refractivity contribution in [3.05, 3.63) is 36.3 Å². The minimum atomic E-state index is -0.403. The Hall–Kier alpha value is -1.91. The van der Waals surface area contributed by atoms with Crippen molar-refractivity contribution in [2.45, 2.75) is 33.6 Å². The van der Waals surface area contributed by atoms with Crippen LogP contribution in [0.1, 0.15) is 32.4 Å². The van der Waals surface area contributed by atoms with Gasteiger partial charge in [-0.25, -0.2) is 9.37 Å². The fraction of sp³-hybridized carbons (Fsp3) is 0.429. The van der Waals surface area contributed by atoms with Gasteiger partial charge < -0.3 is 9.84 Å². The number of ether oxygens (including phenoxy) is 1. The summed E-state index contributed by atoms with van der Waals surface area (Å²) in [5.41, 5.74) is 0.371. The van der Waals surface area contributed by atoms with Crippen molar-refractivity contribution in [2.24, 2.45) is 5.92 Å². The van der Waals surface area contributed by atoms with E-state index in [2.05, 4.69) is 16.5 Å². The highest BCUT2D eigenvalue weighted by Crippen LogP contribution is 2.28. The number of halogens is 1. The summed E-state index contributed by atoms with van der Waals surface area (Å²) >= 11 is 0. The van der Waals surface area contributed by atoms with Gasteiger partial charge in [-0.3, -0.25) is 0 Å². The van der Waals surface area contributed by atoms with Crippen LogP contribution in [0, 0.1) is 12.8 Å². The summed E-state index contributed by atoms with van der Waals surface area (Å²) in [6.45, 7) is 9.07. The number of aromatic nitrogens is 2. The van der Waals surface area contributed by atoms with Gasteiger partial charge in [0.15, 0.2) is 5.76 Å². The molecule has 19 heavy (non-hydrogen) atoms. The molecule has 0 saturated heterocycles. The SMILES string of the molecule is C=CC(Oc1ncnc(C)c1O)=C(F)CC(C)CC. The van der Waals surface area contributed by atoms with Gasteiger partial charge in [0.1, 0.15) is 12.2 Å². The van der Waals surface area contributed by atoms with E-state index in [9.17, 15) is 9.50 Å². The highest BCUT2D eigenvalue weighted by molar-refractivity contribution is 5.36. The fourth-order valence-electron chi connectivity index (χ4n) is 1.38. The Morgan fingerprint density at radius 2 is 2.26 bits per heavy atom. The third-order valence-electron chi connectivity index (χ3n) is 2.86. The minimum Gasteiger partial charge on any atom is -0.502 e. The molecule has 1 N–H and O–H groups in total. The van der Waals surface area contributed by atoms with Crippen LogP contribution in [0.5, 0.6) is 11.6 Å². The summed E-state index contributed by atoms with van der Waals surface area (Å²) in [4.78, 5) is 7.58. The molecule has 0 spiro atoms. The summed E-state index contributed by atoms with van der Waals surface area (Å²) in [6.07, 6.45) is 3.66. The van der Waals surface area contributed by atoms with Crippen molar-refractivity contribution in [1.82, 2.24) is 9.97 Å². The molecule has 1 rings (SSSR count). The molecule has 0 aliphatic rings. The number of allylic oxidation sites excluding steroid dienone is 2. The third-order valence-corrected chi connectivity index (χ3v) is 2.86. The van der Waals surface area contributed by atoms with Crippen LogP contribution in [0.15, 0.2) is 30.6 Å². The lowest BCUT2D eigenvalue weighted by molar-refractivity contribution is 0.348. The summed E-state index contributed by atoms with van der Waals surface area (Å²) in [7, 11) is 0. The van der Waals surface area contributed by atoms with Gasteiger partial charge in [-0.1, -0.05) is 26.8 Å². The van der Waals surface area contributed by atoms with Crippen LogP contribution in [-0.2, 0) is 0 Å². The second-order valence-corrected chi connectivity index (χ2v) is 4.41. The predicted octanol–water partition coefficient (Wildman–Crippen LogP) is 3.67. The molecular weight excluding hydrogens is 247 g/mol. The lowest BCUT2D eigenvalue weighted by atomic mass is 10.0. The Balaban J connectivity index is 2.96. The molecule has 0 saturated carbocycles. The molecule has 5 heteroatoms. The molecular formula is C14H19FN2O2. The molecule has 1 unspecified atom stereocenters. The predicted molar refractivity (Wildman–Crippen MR) is 71.5 cm³/mol. The summed E-state index contributed by atoms with van der Waals surface area (Å²) < 4.78 is 19.2. The molecule has 1 heterocycles. The van der Waals surface area contributed by atoms with Crippen LogP contribution >= 0.6 is 0 Å². The molecule has 4 nitrogen and oxygen atoms in total. The zero-order chi connectivity index (χ0) is 14.4. The van der Waals surface area contributed by atoms with Crippen LogP contribution in [0.3, 0.4) is 0 Å². The molecule has 0 bridgehead atoms. The Kier molecular flexibility index (Phi) is 5.48. The van der Waals surface area contributed by atoms with Crippen molar-refractivity contribution < 1.29 is 14.2 Å². The maximum absolute atomic E-state index is 14.0. The van der Waals surface area contributed by atoms with E-state index in [4.69, 9.17) is 4.74 Å². The molecule has 0 aromatic carbocycles. The Bertz CT molecular complexity index is 486. The first-order valence-electron chi connectivity index (χ1n) is 6.19. The Morgan fingerprint density at radius 1 is 1.58 bits per heavy atom. The summed E-state index contributed by atoms with van der Waals surface area (Å²) in [5.74, 6) is -0.479. The maximum Gasteiger partial charge on any atom is 0.265 e. The summed E-state index contributed by atoms with van der Waals surface area (Å²) in [6, 6.07) is 0. The number of aromatic hydroxyl groups is 1. The molecule has 0 fully saturated rings. The molecule has 0 amide bonds. The topological polar surface area (TPSA) is 55.2 Å². The van der Waals surface area contributed by atoms with E-state index in [0.717, 1.165) is 6.42 Å². The molecule has 1 atom stereocenters. The maximum atomic E-state index is 14.0. The van der Waals surface area contributed by atoms with Crippen molar-refractivity contribution >= 4 is 0 Å². The van der Waals surface area contributed by atoms with E-state index >= 15 is 0 Å². The second kappa shape index (κ2) is 6.87. The van der Waals surface area contributed by atoms with E-state index in [1.54, 1.807) is 6.92 Å². The van der Waals surface area contributed by atoms with Crippen molar-refractivity contribution in [3.63, 3.8) is 0 Å². The fourth-order valence-corrected chi connectivity index (χ4v) is 1.38. The molecule has 104 valence electrons. The highest BCUT2D eigenvalue weighted by Gasteiger charge is 2.14. The van der Waals surface area contributed by atoms with Gasteiger partial charge in [0.05, 0.1) is 5.69 Å². The number of nitrogens with zero attached hydrogens (tertiary/aromatic N) is 2. The first-order valence-corrected chi connectivity index (χ1v) is 6.19. The van der Waals surface area contributed by atoms with Crippen LogP contribution in [0.2, 0.25) is 0 Å². The largest absolute Gasteiger partial charge is 0.502 e. The molecule has 1 aromatic heterocycles. The second-order valence-electron chi connectivity index (χ2n) is 4.41. The zero-order valence-electron chi connectivity index (χ0n) is 11.5. The van der Waals surface area contributed by atoms with Gasteiger partial charge in [-0.05, 0) is 18.9 Å². The number of hydrogen-bond donors (Lipinski definition) is 1. The van der Waals surface area contributed by atoms with E-state index in [-0.39, 0.29) is 29.7 Å². The standard InChI is InChI=1S/C14H19FN2O2/c1-5-9(3)7-11(15)12(6-2)19-14-13(18)10(4)16-8-17-14/h6,8-9,18H,2,5,7H2,1,3-4H3. The van der Waals surface area contributed by atoms with Crippen LogP contribution in [-0.4, -0.2) is 15.1 Å². The van der Waals surface area contributed by atoms with E-state index < -0.39 is 5.83 Å². The van der Waals surface area contributed by atoms with E-state index in [0.29, 0.717) is 5.69 Å². The quantitative estimate of drug-likeness (QED) is 0.630. The lowest BCUT2D eigenvalue weighted by Gasteiger charge is -2.11. The highest BCUT2D eigenvalue weighted by atomic mass is 19.1. The van der Waals surface area contributed by atoms with Crippen LogP contribution in [0.4, 0.5) is 4.39 Å². The number of hydrogen-bond acceptors (Lipinski definition) is 4. The lowest BCUT2D eigenvalue weighted by Crippen LogP contribution is -2.02. The van der Waals surface area contributed by atoms with Crippen LogP contribution < -0.4 is 4.74 Å². The Morgan fingerprint density at radius 3 is 2.84 bits per heavy atom. The number of rotatable bonds is 6. The molecule has 1 aromatic rings. The first kappa shape index (κ1) is 15.1. The minimum absolute atomic E-state index is 0.0197. The van der Waals surface area contributed by atoms with Crippen LogP contribution in [0.25, 0.3) is 0 Å². The van der Waals surface area contributed by atoms with Gasteiger partial charge in [-0.2, -0.15) is 4.98 Å². The third kappa shape index (κ3) is 4.05. The average Bonchev–Trinajstić information content (AvgIpc) is 2.40. The van der Waals surface area contributed by atoms with Gasteiger partial charge >= 0.3 is 0 Å². The van der Waals surface area contributed by atoms with Crippen molar-refractivity contribution in [2.75, 3.05) is 0 Å². The normalized spacial score (nSPS) is 13.7. The van der Waals surface area contributed by atoms with Gasteiger partial charge in [-0.15, -0.1) is 0 Å². The smallest absolute Gasteiger partial charge is 0.265 e. The average molecular weight is 266 g/mol.